The number of ether oxygens (including phenoxy) is 1. The Hall–Kier alpha value is -0.913. The van der Waals surface area contributed by atoms with Crippen molar-refractivity contribution in [3.05, 3.63) is 29.3 Å². The van der Waals surface area contributed by atoms with Crippen LogP contribution in [0.1, 0.15) is 11.1 Å². The van der Waals surface area contributed by atoms with Gasteiger partial charge in [0.15, 0.2) is 0 Å². The predicted octanol–water partition coefficient (Wildman–Crippen LogP) is -2.56. The molecule has 4 heteroatoms. The first-order chi connectivity index (χ1) is 6.09. The van der Waals surface area contributed by atoms with Crippen LogP contribution in [0.4, 0.5) is 0 Å². The van der Waals surface area contributed by atoms with Crippen molar-refractivity contribution in [3.63, 3.8) is 0 Å². The molecule has 0 bridgehead atoms. The SMILES string of the molecule is Cc1ccc(OCC(=O)[O-])cc1C.[Li+]. The van der Waals surface area contributed by atoms with Gasteiger partial charge in [-0.15, -0.1) is 0 Å². The van der Waals surface area contributed by atoms with Gasteiger partial charge in [-0.05, 0) is 37.1 Å². The van der Waals surface area contributed by atoms with Gasteiger partial charge in [0.05, 0.1) is 5.97 Å². The molecule has 0 amide bonds. The summed E-state index contributed by atoms with van der Waals surface area (Å²) in [5.74, 6) is -0.648. The van der Waals surface area contributed by atoms with Gasteiger partial charge in [0.1, 0.15) is 12.4 Å². The van der Waals surface area contributed by atoms with Gasteiger partial charge >= 0.3 is 18.9 Å². The zero-order valence-corrected chi connectivity index (χ0v) is 8.66. The number of aryl methyl sites for hydroxylation is 2. The van der Waals surface area contributed by atoms with Gasteiger partial charge in [-0.2, -0.15) is 0 Å². The second kappa shape index (κ2) is 5.74. The first-order valence-corrected chi connectivity index (χ1v) is 3.99. The van der Waals surface area contributed by atoms with E-state index < -0.39 is 12.6 Å². The molecule has 0 aliphatic rings. The number of hydrogen-bond donors (Lipinski definition) is 0. The number of carbonyl (C=O) groups excluding carboxylic acids is 1. The molecule has 14 heavy (non-hydrogen) atoms. The molecule has 0 saturated heterocycles. The first kappa shape index (κ1) is 13.1. The van der Waals surface area contributed by atoms with Crippen LogP contribution in [0.2, 0.25) is 0 Å². The van der Waals surface area contributed by atoms with E-state index in [2.05, 4.69) is 0 Å². The van der Waals surface area contributed by atoms with Crippen LogP contribution in [0.15, 0.2) is 18.2 Å². The molecule has 70 valence electrons. The Morgan fingerprint density at radius 3 is 2.50 bits per heavy atom. The van der Waals surface area contributed by atoms with Crippen LogP contribution in [-0.2, 0) is 4.79 Å². The molecule has 0 unspecified atom stereocenters. The Balaban J connectivity index is 0.00000169. The smallest absolute Gasteiger partial charge is 0.546 e. The van der Waals surface area contributed by atoms with E-state index in [9.17, 15) is 9.90 Å². The number of benzene rings is 1. The Morgan fingerprint density at radius 1 is 1.36 bits per heavy atom. The quantitative estimate of drug-likeness (QED) is 0.488. The van der Waals surface area contributed by atoms with Gasteiger partial charge in [-0.25, -0.2) is 0 Å². The largest absolute Gasteiger partial charge is 1.00 e. The van der Waals surface area contributed by atoms with E-state index in [4.69, 9.17) is 4.74 Å². The van der Waals surface area contributed by atoms with Crippen molar-refractivity contribution < 1.29 is 33.5 Å². The monoisotopic (exact) mass is 186 g/mol. The summed E-state index contributed by atoms with van der Waals surface area (Å²) in [5.41, 5.74) is 2.23. The molecular weight excluding hydrogens is 175 g/mol. The van der Waals surface area contributed by atoms with Crippen LogP contribution < -0.4 is 28.7 Å². The van der Waals surface area contributed by atoms with E-state index in [0.717, 1.165) is 11.1 Å². The molecule has 0 aliphatic heterocycles. The minimum atomic E-state index is -1.21. The van der Waals surface area contributed by atoms with E-state index in [1.165, 1.54) is 0 Å². The van der Waals surface area contributed by atoms with Gasteiger partial charge in [0, 0.05) is 0 Å². The van der Waals surface area contributed by atoms with Gasteiger partial charge in [-0.1, -0.05) is 6.07 Å². The molecule has 0 N–H and O–H groups in total. The molecule has 0 aromatic heterocycles. The fourth-order valence-corrected chi connectivity index (χ4v) is 0.946. The van der Waals surface area contributed by atoms with Crippen molar-refractivity contribution >= 4 is 5.97 Å². The second-order valence-corrected chi connectivity index (χ2v) is 2.91. The van der Waals surface area contributed by atoms with Crippen molar-refractivity contribution in [2.24, 2.45) is 0 Å². The van der Waals surface area contributed by atoms with Crippen molar-refractivity contribution in [1.82, 2.24) is 0 Å². The summed E-state index contributed by atoms with van der Waals surface area (Å²) >= 11 is 0. The molecule has 0 atom stereocenters. The number of aliphatic carboxylic acids is 1. The summed E-state index contributed by atoms with van der Waals surface area (Å²) in [4.78, 5) is 10.1. The average Bonchev–Trinajstić information content (AvgIpc) is 2.07. The van der Waals surface area contributed by atoms with Gasteiger partial charge in [-0.3, -0.25) is 0 Å². The summed E-state index contributed by atoms with van der Waals surface area (Å²) in [5, 5.41) is 10.1. The summed E-state index contributed by atoms with van der Waals surface area (Å²) in [6.07, 6.45) is 0. The number of hydrogen-bond acceptors (Lipinski definition) is 3. The molecule has 0 heterocycles. The predicted molar refractivity (Wildman–Crippen MR) is 46.4 cm³/mol. The fraction of sp³-hybridized carbons (Fsp3) is 0.300. The summed E-state index contributed by atoms with van der Waals surface area (Å²) in [6, 6.07) is 5.43. The molecule has 1 rings (SSSR count). The Labute approximate surface area is 95.3 Å². The third-order valence-electron chi connectivity index (χ3n) is 1.84. The van der Waals surface area contributed by atoms with Crippen LogP contribution in [0.3, 0.4) is 0 Å². The summed E-state index contributed by atoms with van der Waals surface area (Å²) in [7, 11) is 0. The van der Waals surface area contributed by atoms with Crippen LogP contribution in [-0.4, -0.2) is 12.6 Å². The van der Waals surface area contributed by atoms with Crippen molar-refractivity contribution in [1.29, 1.82) is 0 Å². The maximum atomic E-state index is 10.1. The molecular formula is C10H11LiO3. The maximum Gasteiger partial charge on any atom is 1.00 e. The van der Waals surface area contributed by atoms with Crippen molar-refractivity contribution in [3.8, 4) is 5.75 Å². The van der Waals surface area contributed by atoms with E-state index in [0.29, 0.717) is 5.75 Å². The second-order valence-electron chi connectivity index (χ2n) is 2.91. The number of carboxylic acids is 1. The Bertz CT molecular complexity index is 323. The van der Waals surface area contributed by atoms with E-state index in [-0.39, 0.29) is 18.9 Å². The van der Waals surface area contributed by atoms with Crippen LogP contribution in [0, 0.1) is 13.8 Å². The van der Waals surface area contributed by atoms with Crippen molar-refractivity contribution in [2.45, 2.75) is 13.8 Å². The van der Waals surface area contributed by atoms with Gasteiger partial charge < -0.3 is 14.6 Å². The molecule has 0 aliphatic carbocycles. The molecule has 3 nitrogen and oxygen atoms in total. The Kier molecular flexibility index (Phi) is 5.37. The van der Waals surface area contributed by atoms with Crippen LogP contribution in [0.5, 0.6) is 5.75 Å². The normalized spacial score (nSPS) is 9.00. The van der Waals surface area contributed by atoms with Gasteiger partial charge in [0.25, 0.3) is 0 Å². The van der Waals surface area contributed by atoms with Gasteiger partial charge in [0.2, 0.25) is 0 Å². The summed E-state index contributed by atoms with van der Waals surface area (Å²) in [6.45, 7) is 3.53. The van der Waals surface area contributed by atoms with E-state index >= 15 is 0 Å². The zero-order chi connectivity index (χ0) is 9.84. The maximum absolute atomic E-state index is 10.1. The molecule has 0 saturated carbocycles. The topological polar surface area (TPSA) is 49.4 Å². The number of carbonyl (C=O) groups is 1. The minimum Gasteiger partial charge on any atom is -0.546 e. The van der Waals surface area contributed by atoms with Crippen LogP contribution in [0.25, 0.3) is 0 Å². The molecule has 0 fully saturated rings. The fourth-order valence-electron chi connectivity index (χ4n) is 0.946. The zero-order valence-electron chi connectivity index (χ0n) is 8.66. The minimum absolute atomic E-state index is 0. The third-order valence-corrected chi connectivity index (χ3v) is 1.84. The van der Waals surface area contributed by atoms with Crippen molar-refractivity contribution in [2.75, 3.05) is 6.61 Å². The number of carboxylic acid groups (broad SMARTS) is 1. The average molecular weight is 186 g/mol. The third kappa shape index (κ3) is 3.86. The first-order valence-electron chi connectivity index (χ1n) is 3.99. The molecule has 0 radical (unpaired) electrons. The van der Waals surface area contributed by atoms with E-state index in [1.54, 1.807) is 12.1 Å². The standard InChI is InChI=1S/C10H12O3.Li/c1-7-3-4-9(5-8(7)2)13-6-10(11)12;/h3-5H,6H2,1-2H3,(H,11,12);/q;+1/p-1. The van der Waals surface area contributed by atoms with E-state index in [1.807, 2.05) is 19.9 Å². The molecule has 1 aromatic rings. The summed E-state index contributed by atoms with van der Waals surface area (Å²) < 4.78 is 4.94. The molecule has 1 aromatic carbocycles. The number of rotatable bonds is 3. The van der Waals surface area contributed by atoms with Crippen LogP contribution >= 0.6 is 0 Å². The Morgan fingerprint density at radius 2 is 2.00 bits per heavy atom. The molecule has 0 spiro atoms.